The molecule has 0 amide bonds. The SMILES string of the molecule is CCCCCCNCc1cc(OCC)c(OCc2ccc(Cl)cc2)cc1Br. The Morgan fingerprint density at radius 3 is 2.41 bits per heavy atom. The summed E-state index contributed by atoms with van der Waals surface area (Å²) in [6.45, 7) is 7.13. The number of hydrogen-bond donors (Lipinski definition) is 1. The van der Waals surface area contributed by atoms with Gasteiger partial charge in [0, 0.05) is 16.0 Å². The Balaban J connectivity index is 1.98. The van der Waals surface area contributed by atoms with E-state index in [2.05, 4.69) is 34.2 Å². The summed E-state index contributed by atoms with van der Waals surface area (Å²) in [5, 5.41) is 4.24. The van der Waals surface area contributed by atoms with Crippen molar-refractivity contribution >= 4 is 27.5 Å². The Hall–Kier alpha value is -1.23. The lowest BCUT2D eigenvalue weighted by Crippen LogP contribution is -2.15. The Morgan fingerprint density at radius 2 is 1.70 bits per heavy atom. The molecule has 2 aromatic rings. The molecule has 3 nitrogen and oxygen atoms in total. The molecule has 0 fully saturated rings. The van der Waals surface area contributed by atoms with Crippen LogP contribution in [0.1, 0.15) is 50.7 Å². The lowest BCUT2D eigenvalue weighted by Gasteiger charge is -2.15. The maximum atomic E-state index is 6.00. The topological polar surface area (TPSA) is 30.5 Å². The molecule has 0 aliphatic rings. The lowest BCUT2D eigenvalue weighted by molar-refractivity contribution is 0.269. The van der Waals surface area contributed by atoms with Crippen molar-refractivity contribution in [3.8, 4) is 11.5 Å². The van der Waals surface area contributed by atoms with Crippen molar-refractivity contribution in [2.75, 3.05) is 13.2 Å². The van der Waals surface area contributed by atoms with Gasteiger partial charge >= 0.3 is 0 Å². The molecule has 0 saturated carbocycles. The lowest BCUT2D eigenvalue weighted by atomic mass is 10.1. The van der Waals surface area contributed by atoms with Gasteiger partial charge in [0.2, 0.25) is 0 Å². The Morgan fingerprint density at radius 1 is 0.963 bits per heavy atom. The molecule has 148 valence electrons. The van der Waals surface area contributed by atoms with Crippen molar-refractivity contribution in [2.45, 2.75) is 52.7 Å². The van der Waals surface area contributed by atoms with E-state index in [4.69, 9.17) is 21.1 Å². The summed E-state index contributed by atoms with van der Waals surface area (Å²) in [5.41, 5.74) is 2.24. The third kappa shape index (κ3) is 7.73. The highest BCUT2D eigenvalue weighted by Crippen LogP contribution is 2.34. The predicted molar refractivity (Wildman–Crippen MR) is 117 cm³/mol. The minimum Gasteiger partial charge on any atom is -0.490 e. The molecule has 0 unspecified atom stereocenters. The van der Waals surface area contributed by atoms with E-state index in [1.54, 1.807) is 0 Å². The van der Waals surface area contributed by atoms with Crippen LogP contribution >= 0.6 is 27.5 Å². The van der Waals surface area contributed by atoms with Gasteiger partial charge in [-0.15, -0.1) is 0 Å². The maximum absolute atomic E-state index is 6.00. The summed E-state index contributed by atoms with van der Waals surface area (Å²) in [6, 6.07) is 11.7. The second kappa shape index (κ2) is 12.3. The number of hydrogen-bond acceptors (Lipinski definition) is 3. The summed E-state index contributed by atoms with van der Waals surface area (Å²) >= 11 is 9.61. The molecular weight excluding hydrogens is 426 g/mol. The molecule has 0 atom stereocenters. The number of unbranched alkanes of at least 4 members (excludes halogenated alkanes) is 3. The van der Waals surface area contributed by atoms with Gasteiger partial charge in [-0.05, 0) is 55.3 Å². The number of benzene rings is 2. The molecule has 0 aromatic heterocycles. The van der Waals surface area contributed by atoms with Gasteiger partial charge in [-0.3, -0.25) is 0 Å². The number of nitrogens with one attached hydrogen (secondary N) is 1. The van der Waals surface area contributed by atoms with E-state index in [0.717, 1.165) is 39.6 Å². The summed E-state index contributed by atoms with van der Waals surface area (Å²) in [5.74, 6) is 1.52. The zero-order valence-electron chi connectivity index (χ0n) is 16.2. The zero-order chi connectivity index (χ0) is 19.5. The zero-order valence-corrected chi connectivity index (χ0v) is 18.5. The molecular formula is C22H29BrClNO2. The monoisotopic (exact) mass is 453 g/mol. The number of halogens is 2. The summed E-state index contributed by atoms with van der Waals surface area (Å²) in [4.78, 5) is 0. The quantitative estimate of drug-likeness (QED) is 0.360. The third-order valence-corrected chi connectivity index (χ3v) is 5.23. The minimum absolute atomic E-state index is 0.471. The van der Waals surface area contributed by atoms with E-state index in [1.807, 2.05) is 37.3 Å². The van der Waals surface area contributed by atoms with Gasteiger partial charge in [0.15, 0.2) is 11.5 Å². The van der Waals surface area contributed by atoms with Gasteiger partial charge < -0.3 is 14.8 Å². The Bertz CT molecular complexity index is 691. The molecule has 1 N–H and O–H groups in total. The first kappa shape index (κ1) is 22.1. The molecule has 0 bridgehead atoms. The third-order valence-electron chi connectivity index (χ3n) is 4.24. The van der Waals surface area contributed by atoms with Crippen LogP contribution in [0.2, 0.25) is 5.02 Å². The Labute approximate surface area is 176 Å². The van der Waals surface area contributed by atoms with Crippen LogP contribution in [0.4, 0.5) is 0 Å². The molecule has 2 aromatic carbocycles. The molecule has 0 aliphatic heterocycles. The average Bonchev–Trinajstić information content (AvgIpc) is 2.67. The van der Waals surface area contributed by atoms with Crippen molar-refractivity contribution in [1.82, 2.24) is 5.32 Å². The molecule has 5 heteroatoms. The van der Waals surface area contributed by atoms with Crippen LogP contribution in [0.5, 0.6) is 11.5 Å². The van der Waals surface area contributed by atoms with E-state index in [-0.39, 0.29) is 0 Å². The fourth-order valence-corrected chi connectivity index (χ4v) is 3.32. The van der Waals surface area contributed by atoms with E-state index >= 15 is 0 Å². The predicted octanol–water partition coefficient (Wildman–Crippen LogP) is 6.75. The number of rotatable bonds is 12. The molecule has 27 heavy (non-hydrogen) atoms. The van der Waals surface area contributed by atoms with Gasteiger partial charge in [0.1, 0.15) is 6.61 Å². The van der Waals surface area contributed by atoms with Crippen LogP contribution in [0, 0.1) is 0 Å². The van der Waals surface area contributed by atoms with E-state index in [1.165, 1.54) is 31.2 Å². The van der Waals surface area contributed by atoms with E-state index in [0.29, 0.717) is 13.2 Å². The van der Waals surface area contributed by atoms with Crippen LogP contribution in [-0.2, 0) is 13.2 Å². The minimum atomic E-state index is 0.471. The molecule has 0 radical (unpaired) electrons. The molecule has 0 saturated heterocycles. The van der Waals surface area contributed by atoms with E-state index in [9.17, 15) is 0 Å². The highest BCUT2D eigenvalue weighted by Gasteiger charge is 2.11. The van der Waals surface area contributed by atoms with Gasteiger partial charge in [0.25, 0.3) is 0 Å². The van der Waals surface area contributed by atoms with Crippen molar-refractivity contribution in [1.29, 1.82) is 0 Å². The largest absolute Gasteiger partial charge is 0.490 e. The van der Waals surface area contributed by atoms with Crippen molar-refractivity contribution in [2.24, 2.45) is 0 Å². The van der Waals surface area contributed by atoms with Crippen LogP contribution in [0.3, 0.4) is 0 Å². The van der Waals surface area contributed by atoms with Crippen molar-refractivity contribution in [3.05, 3.63) is 57.0 Å². The van der Waals surface area contributed by atoms with E-state index < -0.39 is 0 Å². The fraction of sp³-hybridized carbons (Fsp3) is 0.455. The van der Waals surface area contributed by atoms with Crippen LogP contribution in [0.25, 0.3) is 0 Å². The Kier molecular flexibility index (Phi) is 10.0. The van der Waals surface area contributed by atoms with Gasteiger partial charge in [-0.2, -0.15) is 0 Å². The second-order valence-corrected chi connectivity index (χ2v) is 7.77. The highest BCUT2D eigenvalue weighted by atomic mass is 79.9. The first-order chi connectivity index (χ1) is 13.1. The fourth-order valence-electron chi connectivity index (χ4n) is 2.74. The van der Waals surface area contributed by atoms with Crippen molar-refractivity contribution < 1.29 is 9.47 Å². The van der Waals surface area contributed by atoms with Crippen LogP contribution in [0.15, 0.2) is 40.9 Å². The standard InChI is InChI=1S/C22H29BrClNO2/c1-3-5-6-7-12-25-15-18-13-21(26-4-2)22(14-20(18)23)27-16-17-8-10-19(24)11-9-17/h8-11,13-14,25H,3-7,12,15-16H2,1-2H3. The molecule has 0 spiro atoms. The van der Waals surface area contributed by atoms with Crippen LogP contribution < -0.4 is 14.8 Å². The summed E-state index contributed by atoms with van der Waals surface area (Å²) in [7, 11) is 0. The molecule has 0 heterocycles. The molecule has 2 rings (SSSR count). The summed E-state index contributed by atoms with van der Waals surface area (Å²) < 4.78 is 12.8. The number of ether oxygens (including phenoxy) is 2. The normalized spacial score (nSPS) is 10.8. The maximum Gasteiger partial charge on any atom is 0.162 e. The molecule has 0 aliphatic carbocycles. The second-order valence-electron chi connectivity index (χ2n) is 6.48. The van der Waals surface area contributed by atoms with Gasteiger partial charge in [-0.25, -0.2) is 0 Å². The smallest absolute Gasteiger partial charge is 0.162 e. The first-order valence-electron chi connectivity index (χ1n) is 9.67. The van der Waals surface area contributed by atoms with Crippen LogP contribution in [-0.4, -0.2) is 13.2 Å². The van der Waals surface area contributed by atoms with Gasteiger partial charge in [-0.1, -0.05) is 65.8 Å². The van der Waals surface area contributed by atoms with Gasteiger partial charge in [0.05, 0.1) is 6.61 Å². The highest BCUT2D eigenvalue weighted by molar-refractivity contribution is 9.10. The van der Waals surface area contributed by atoms with Crippen molar-refractivity contribution in [3.63, 3.8) is 0 Å². The summed E-state index contributed by atoms with van der Waals surface area (Å²) in [6.07, 6.45) is 5.07. The average molecular weight is 455 g/mol. The first-order valence-corrected chi connectivity index (χ1v) is 10.8.